The molecule has 0 unspecified atom stereocenters. The summed E-state index contributed by atoms with van der Waals surface area (Å²) in [7, 11) is 1.95. The number of nitrogens with two attached hydrogens (primary N) is 1. The van der Waals surface area contributed by atoms with Gasteiger partial charge in [-0.25, -0.2) is 0 Å². The SMILES string of the molecule is CCc1ccc(N(C)c2ccc(Cl)cc2C(=N)N)cc1. The van der Waals surface area contributed by atoms with E-state index < -0.39 is 0 Å². The van der Waals surface area contributed by atoms with E-state index in [9.17, 15) is 0 Å². The second kappa shape index (κ2) is 5.97. The lowest BCUT2D eigenvalue weighted by molar-refractivity contribution is 1.13. The average Bonchev–Trinajstić information content (AvgIpc) is 2.46. The first kappa shape index (κ1) is 14.4. The molecule has 0 radical (unpaired) electrons. The molecule has 0 heterocycles. The molecule has 0 aromatic heterocycles. The molecule has 0 fully saturated rings. The van der Waals surface area contributed by atoms with E-state index in [1.807, 2.05) is 18.0 Å². The van der Waals surface area contributed by atoms with Crippen molar-refractivity contribution in [3.8, 4) is 0 Å². The fourth-order valence-corrected chi connectivity index (χ4v) is 2.28. The zero-order valence-corrected chi connectivity index (χ0v) is 12.4. The smallest absolute Gasteiger partial charge is 0.124 e. The van der Waals surface area contributed by atoms with Crippen LogP contribution in [-0.2, 0) is 6.42 Å². The van der Waals surface area contributed by atoms with Crippen LogP contribution in [0.3, 0.4) is 0 Å². The zero-order chi connectivity index (χ0) is 14.7. The zero-order valence-electron chi connectivity index (χ0n) is 11.7. The van der Waals surface area contributed by atoms with Crippen LogP contribution in [0, 0.1) is 5.41 Å². The van der Waals surface area contributed by atoms with Crippen molar-refractivity contribution in [1.29, 1.82) is 5.41 Å². The third kappa shape index (κ3) is 2.94. The lowest BCUT2D eigenvalue weighted by Gasteiger charge is -2.22. The van der Waals surface area contributed by atoms with Gasteiger partial charge in [0.15, 0.2) is 0 Å². The van der Waals surface area contributed by atoms with Crippen molar-refractivity contribution >= 4 is 28.8 Å². The van der Waals surface area contributed by atoms with Gasteiger partial charge in [-0.15, -0.1) is 0 Å². The molecule has 2 aromatic rings. The van der Waals surface area contributed by atoms with Crippen molar-refractivity contribution in [2.24, 2.45) is 5.73 Å². The van der Waals surface area contributed by atoms with Crippen molar-refractivity contribution in [1.82, 2.24) is 0 Å². The molecule has 0 aliphatic carbocycles. The normalized spacial score (nSPS) is 10.3. The Kier molecular flexibility index (Phi) is 4.30. The third-order valence-corrected chi connectivity index (χ3v) is 3.58. The number of nitrogens with one attached hydrogen (secondary N) is 1. The molecule has 20 heavy (non-hydrogen) atoms. The summed E-state index contributed by atoms with van der Waals surface area (Å²) in [6, 6.07) is 13.8. The summed E-state index contributed by atoms with van der Waals surface area (Å²) in [6.07, 6.45) is 1.02. The van der Waals surface area contributed by atoms with Crippen LogP contribution in [0.15, 0.2) is 42.5 Å². The number of halogens is 1. The molecule has 3 nitrogen and oxygen atoms in total. The van der Waals surface area contributed by atoms with Gasteiger partial charge in [-0.05, 0) is 42.3 Å². The highest BCUT2D eigenvalue weighted by molar-refractivity contribution is 6.31. The predicted octanol–water partition coefficient (Wildman–Crippen LogP) is 3.95. The maximum Gasteiger partial charge on any atom is 0.124 e. The van der Waals surface area contributed by atoms with Crippen LogP contribution in [0.2, 0.25) is 5.02 Å². The second-order valence-corrected chi connectivity index (χ2v) is 5.09. The molecular weight excluding hydrogens is 270 g/mol. The number of anilines is 2. The molecule has 104 valence electrons. The summed E-state index contributed by atoms with van der Waals surface area (Å²) in [5.41, 5.74) is 9.49. The highest BCUT2D eigenvalue weighted by Gasteiger charge is 2.12. The molecule has 2 aromatic carbocycles. The number of hydrogen-bond acceptors (Lipinski definition) is 2. The number of rotatable bonds is 4. The number of aryl methyl sites for hydroxylation is 1. The Morgan fingerprint density at radius 3 is 2.40 bits per heavy atom. The Balaban J connectivity index is 2.41. The van der Waals surface area contributed by atoms with Crippen molar-refractivity contribution in [3.05, 3.63) is 58.6 Å². The average molecular weight is 288 g/mol. The summed E-state index contributed by atoms with van der Waals surface area (Å²) < 4.78 is 0. The minimum absolute atomic E-state index is 0.0135. The van der Waals surface area contributed by atoms with Gasteiger partial charge in [-0.1, -0.05) is 30.7 Å². The van der Waals surface area contributed by atoms with Gasteiger partial charge in [0.25, 0.3) is 0 Å². The monoisotopic (exact) mass is 287 g/mol. The lowest BCUT2D eigenvalue weighted by atomic mass is 10.1. The van der Waals surface area contributed by atoms with Gasteiger partial charge in [0.05, 0.1) is 5.69 Å². The molecule has 0 saturated heterocycles. The maximum absolute atomic E-state index is 7.69. The van der Waals surface area contributed by atoms with Crippen molar-refractivity contribution < 1.29 is 0 Å². The molecule has 0 amide bonds. The molecule has 0 bridgehead atoms. The van der Waals surface area contributed by atoms with E-state index in [-0.39, 0.29) is 5.84 Å². The fourth-order valence-electron chi connectivity index (χ4n) is 2.11. The number of hydrogen-bond donors (Lipinski definition) is 2. The van der Waals surface area contributed by atoms with E-state index in [0.29, 0.717) is 10.6 Å². The molecule has 0 atom stereocenters. The van der Waals surface area contributed by atoms with Gasteiger partial charge in [-0.2, -0.15) is 0 Å². The standard InChI is InChI=1S/C16H18ClN3/c1-3-11-4-7-13(8-5-11)20(2)15-9-6-12(17)10-14(15)16(18)19/h4-10H,3H2,1-2H3,(H3,18,19). The van der Waals surface area contributed by atoms with Crippen LogP contribution in [0.5, 0.6) is 0 Å². The first-order valence-electron chi connectivity index (χ1n) is 6.49. The molecular formula is C16H18ClN3. The van der Waals surface area contributed by atoms with Gasteiger partial charge in [0, 0.05) is 23.3 Å². The quantitative estimate of drug-likeness (QED) is 0.661. The molecule has 0 aliphatic rings. The van der Waals surface area contributed by atoms with Crippen LogP contribution in [0.1, 0.15) is 18.1 Å². The number of benzene rings is 2. The summed E-state index contributed by atoms with van der Waals surface area (Å²) in [4.78, 5) is 2.01. The highest BCUT2D eigenvalue weighted by Crippen LogP contribution is 2.29. The molecule has 3 N–H and O–H groups in total. The minimum Gasteiger partial charge on any atom is -0.384 e. The van der Waals surface area contributed by atoms with E-state index in [4.69, 9.17) is 22.7 Å². The Hall–Kier alpha value is -2.00. The van der Waals surface area contributed by atoms with E-state index in [0.717, 1.165) is 17.8 Å². The Morgan fingerprint density at radius 1 is 1.20 bits per heavy atom. The summed E-state index contributed by atoms with van der Waals surface area (Å²) in [5, 5.41) is 8.26. The largest absolute Gasteiger partial charge is 0.384 e. The van der Waals surface area contributed by atoms with Crippen LogP contribution < -0.4 is 10.6 Å². The first-order chi connectivity index (χ1) is 9.52. The van der Waals surface area contributed by atoms with Gasteiger partial charge < -0.3 is 10.6 Å². The van der Waals surface area contributed by atoms with Crippen molar-refractivity contribution in [3.63, 3.8) is 0 Å². The maximum atomic E-state index is 7.69. The Labute approximate surface area is 124 Å². The summed E-state index contributed by atoms with van der Waals surface area (Å²) in [5.74, 6) is 0.0135. The van der Waals surface area contributed by atoms with E-state index in [2.05, 4.69) is 31.2 Å². The topological polar surface area (TPSA) is 53.1 Å². The minimum atomic E-state index is 0.0135. The van der Waals surface area contributed by atoms with Crippen LogP contribution in [0.25, 0.3) is 0 Å². The molecule has 2 rings (SSSR count). The van der Waals surface area contributed by atoms with Crippen LogP contribution in [0.4, 0.5) is 11.4 Å². The Morgan fingerprint density at radius 2 is 1.85 bits per heavy atom. The first-order valence-corrected chi connectivity index (χ1v) is 6.87. The van der Waals surface area contributed by atoms with Gasteiger partial charge in [0.1, 0.15) is 5.84 Å². The van der Waals surface area contributed by atoms with E-state index in [1.165, 1.54) is 5.56 Å². The number of amidine groups is 1. The van der Waals surface area contributed by atoms with Crippen molar-refractivity contribution in [2.75, 3.05) is 11.9 Å². The number of nitrogens with zero attached hydrogens (tertiary/aromatic N) is 1. The number of nitrogen functional groups attached to an aromatic ring is 1. The summed E-state index contributed by atoms with van der Waals surface area (Å²) in [6.45, 7) is 2.13. The van der Waals surface area contributed by atoms with E-state index in [1.54, 1.807) is 12.1 Å². The fraction of sp³-hybridized carbons (Fsp3) is 0.188. The summed E-state index contributed by atoms with van der Waals surface area (Å²) >= 11 is 5.98. The van der Waals surface area contributed by atoms with Crippen LogP contribution >= 0.6 is 11.6 Å². The Bertz CT molecular complexity index is 620. The van der Waals surface area contributed by atoms with Crippen LogP contribution in [-0.4, -0.2) is 12.9 Å². The molecule has 0 aliphatic heterocycles. The third-order valence-electron chi connectivity index (χ3n) is 3.34. The second-order valence-electron chi connectivity index (χ2n) is 4.65. The lowest BCUT2D eigenvalue weighted by Crippen LogP contribution is -2.18. The van der Waals surface area contributed by atoms with Gasteiger partial charge in [-0.3, -0.25) is 5.41 Å². The molecule has 0 saturated carbocycles. The van der Waals surface area contributed by atoms with E-state index >= 15 is 0 Å². The molecule has 0 spiro atoms. The highest BCUT2D eigenvalue weighted by atomic mass is 35.5. The van der Waals surface area contributed by atoms with Gasteiger partial charge >= 0.3 is 0 Å². The molecule has 4 heteroatoms. The predicted molar refractivity (Wildman–Crippen MR) is 86.4 cm³/mol. The van der Waals surface area contributed by atoms with Gasteiger partial charge in [0.2, 0.25) is 0 Å². The van der Waals surface area contributed by atoms with Crippen molar-refractivity contribution in [2.45, 2.75) is 13.3 Å².